The molecule has 0 aromatic rings. The predicted octanol–water partition coefficient (Wildman–Crippen LogP) is 0.937. The van der Waals surface area contributed by atoms with Crippen LogP contribution in [-0.2, 0) is 14.2 Å². The Bertz CT molecular complexity index is 158. The highest BCUT2D eigenvalue weighted by atomic mass is 16.5. The summed E-state index contributed by atoms with van der Waals surface area (Å²) in [5.74, 6) is 0. The Labute approximate surface area is 92.1 Å². The normalized spacial score (nSPS) is 20.4. The minimum absolute atomic E-state index is 0.0110. The fraction of sp³-hybridized carbons (Fsp3) is 1.00. The van der Waals surface area contributed by atoms with E-state index in [4.69, 9.17) is 19.9 Å². The third-order valence-corrected chi connectivity index (χ3v) is 2.88. The lowest BCUT2D eigenvalue weighted by molar-refractivity contribution is 0.0390. The molecule has 0 saturated carbocycles. The van der Waals surface area contributed by atoms with Gasteiger partial charge in [0.1, 0.15) is 0 Å². The number of ether oxygens (including phenoxy) is 3. The minimum atomic E-state index is -0.0110. The summed E-state index contributed by atoms with van der Waals surface area (Å²) in [5, 5.41) is 0. The number of nitrogens with two attached hydrogens (primary N) is 1. The number of hydrogen-bond acceptors (Lipinski definition) is 4. The lowest BCUT2D eigenvalue weighted by Gasteiger charge is -2.33. The van der Waals surface area contributed by atoms with Crippen LogP contribution in [0.4, 0.5) is 0 Å². The van der Waals surface area contributed by atoms with Crippen molar-refractivity contribution in [2.75, 3.05) is 40.1 Å². The van der Waals surface area contributed by atoms with E-state index in [2.05, 4.69) is 0 Å². The van der Waals surface area contributed by atoms with E-state index >= 15 is 0 Å². The molecule has 0 bridgehead atoms. The van der Waals surface area contributed by atoms with Gasteiger partial charge < -0.3 is 19.9 Å². The SMILES string of the molecule is COCCOCCCC1(N)CCOCC1. The average molecular weight is 217 g/mol. The molecule has 1 fully saturated rings. The topological polar surface area (TPSA) is 53.7 Å². The summed E-state index contributed by atoms with van der Waals surface area (Å²) in [6.07, 6.45) is 4.01. The maximum Gasteiger partial charge on any atom is 0.0700 e. The molecule has 0 atom stereocenters. The van der Waals surface area contributed by atoms with Crippen LogP contribution in [0.5, 0.6) is 0 Å². The molecule has 1 aliphatic heterocycles. The first kappa shape index (κ1) is 12.9. The van der Waals surface area contributed by atoms with Crippen molar-refractivity contribution in [1.82, 2.24) is 0 Å². The maximum atomic E-state index is 6.24. The van der Waals surface area contributed by atoms with E-state index in [9.17, 15) is 0 Å². The van der Waals surface area contributed by atoms with Gasteiger partial charge in [-0.1, -0.05) is 0 Å². The van der Waals surface area contributed by atoms with Gasteiger partial charge in [0.15, 0.2) is 0 Å². The van der Waals surface area contributed by atoms with Crippen molar-refractivity contribution >= 4 is 0 Å². The van der Waals surface area contributed by atoms with Gasteiger partial charge in [0.05, 0.1) is 13.2 Å². The van der Waals surface area contributed by atoms with Gasteiger partial charge in [0.25, 0.3) is 0 Å². The standard InChI is InChI=1S/C11H23NO3/c1-13-9-10-14-6-2-3-11(12)4-7-15-8-5-11/h2-10,12H2,1H3. The van der Waals surface area contributed by atoms with Gasteiger partial charge in [-0.15, -0.1) is 0 Å². The molecule has 0 amide bonds. The quantitative estimate of drug-likeness (QED) is 0.645. The van der Waals surface area contributed by atoms with Crippen molar-refractivity contribution in [2.45, 2.75) is 31.2 Å². The molecule has 1 saturated heterocycles. The Morgan fingerprint density at radius 1 is 1.20 bits per heavy atom. The van der Waals surface area contributed by atoms with E-state index in [1.54, 1.807) is 7.11 Å². The van der Waals surface area contributed by atoms with Gasteiger partial charge in [-0.05, 0) is 25.7 Å². The first-order valence-corrected chi connectivity index (χ1v) is 5.70. The van der Waals surface area contributed by atoms with E-state index in [1.165, 1.54) is 0 Å². The van der Waals surface area contributed by atoms with Gasteiger partial charge in [-0.2, -0.15) is 0 Å². The largest absolute Gasteiger partial charge is 0.382 e. The van der Waals surface area contributed by atoms with Crippen LogP contribution < -0.4 is 5.73 Å². The molecule has 15 heavy (non-hydrogen) atoms. The number of rotatable bonds is 7. The number of hydrogen-bond donors (Lipinski definition) is 1. The van der Waals surface area contributed by atoms with Crippen LogP contribution in [0.1, 0.15) is 25.7 Å². The summed E-state index contributed by atoms with van der Waals surface area (Å²) in [4.78, 5) is 0. The second kappa shape index (κ2) is 7.17. The molecule has 1 aliphatic rings. The van der Waals surface area contributed by atoms with Crippen molar-refractivity contribution in [3.63, 3.8) is 0 Å². The van der Waals surface area contributed by atoms with Crippen LogP contribution in [-0.4, -0.2) is 45.7 Å². The fourth-order valence-corrected chi connectivity index (χ4v) is 1.80. The van der Waals surface area contributed by atoms with Gasteiger partial charge >= 0.3 is 0 Å². The van der Waals surface area contributed by atoms with Crippen molar-refractivity contribution in [1.29, 1.82) is 0 Å². The molecular formula is C11H23NO3. The zero-order valence-corrected chi connectivity index (χ0v) is 9.67. The maximum absolute atomic E-state index is 6.24. The highest BCUT2D eigenvalue weighted by Crippen LogP contribution is 2.22. The van der Waals surface area contributed by atoms with Gasteiger partial charge in [0, 0.05) is 32.5 Å². The van der Waals surface area contributed by atoms with Crippen LogP contribution in [0.25, 0.3) is 0 Å². The molecule has 2 N–H and O–H groups in total. The third-order valence-electron chi connectivity index (χ3n) is 2.88. The highest BCUT2D eigenvalue weighted by Gasteiger charge is 2.26. The summed E-state index contributed by atoms with van der Waals surface area (Å²) in [7, 11) is 1.68. The van der Waals surface area contributed by atoms with Gasteiger partial charge in [-0.25, -0.2) is 0 Å². The smallest absolute Gasteiger partial charge is 0.0700 e. The monoisotopic (exact) mass is 217 g/mol. The van der Waals surface area contributed by atoms with Crippen LogP contribution in [0, 0.1) is 0 Å². The van der Waals surface area contributed by atoms with E-state index in [1.807, 2.05) is 0 Å². The molecule has 1 heterocycles. The minimum Gasteiger partial charge on any atom is -0.382 e. The van der Waals surface area contributed by atoms with Crippen LogP contribution in [0.2, 0.25) is 0 Å². The van der Waals surface area contributed by atoms with Crippen molar-refractivity contribution in [3.8, 4) is 0 Å². The van der Waals surface area contributed by atoms with Crippen LogP contribution in [0.15, 0.2) is 0 Å². The Kier molecular flexibility index (Phi) is 6.17. The molecule has 90 valence electrons. The summed E-state index contributed by atoms with van der Waals surface area (Å²) < 4.78 is 15.6. The van der Waals surface area contributed by atoms with Gasteiger partial charge in [0.2, 0.25) is 0 Å². The lowest BCUT2D eigenvalue weighted by atomic mass is 9.87. The van der Waals surface area contributed by atoms with Crippen molar-refractivity contribution in [3.05, 3.63) is 0 Å². The Hall–Kier alpha value is -0.160. The Balaban J connectivity index is 1.98. The molecule has 4 heteroatoms. The molecule has 1 rings (SSSR count). The molecule has 0 spiro atoms. The molecule has 0 unspecified atom stereocenters. The number of methoxy groups -OCH3 is 1. The third kappa shape index (κ3) is 5.47. The van der Waals surface area contributed by atoms with Crippen LogP contribution >= 0.6 is 0 Å². The average Bonchev–Trinajstić information content (AvgIpc) is 2.24. The zero-order valence-electron chi connectivity index (χ0n) is 9.67. The first-order valence-electron chi connectivity index (χ1n) is 5.70. The predicted molar refractivity (Wildman–Crippen MR) is 58.9 cm³/mol. The molecule has 0 aromatic heterocycles. The lowest BCUT2D eigenvalue weighted by Crippen LogP contribution is -2.45. The van der Waals surface area contributed by atoms with Crippen molar-refractivity contribution in [2.24, 2.45) is 5.73 Å². The molecule has 4 nitrogen and oxygen atoms in total. The van der Waals surface area contributed by atoms with E-state index in [0.29, 0.717) is 13.2 Å². The Morgan fingerprint density at radius 2 is 1.93 bits per heavy atom. The van der Waals surface area contributed by atoms with Gasteiger partial charge in [-0.3, -0.25) is 0 Å². The fourth-order valence-electron chi connectivity index (χ4n) is 1.80. The second-order valence-corrected chi connectivity index (χ2v) is 4.18. The summed E-state index contributed by atoms with van der Waals surface area (Å²) in [6, 6.07) is 0. The molecule has 0 aromatic carbocycles. The van der Waals surface area contributed by atoms with E-state index in [-0.39, 0.29) is 5.54 Å². The van der Waals surface area contributed by atoms with Crippen LogP contribution in [0.3, 0.4) is 0 Å². The summed E-state index contributed by atoms with van der Waals surface area (Å²) in [5.41, 5.74) is 6.23. The summed E-state index contributed by atoms with van der Waals surface area (Å²) in [6.45, 7) is 3.74. The molecule has 0 aliphatic carbocycles. The first-order chi connectivity index (χ1) is 7.27. The molecule has 0 radical (unpaired) electrons. The second-order valence-electron chi connectivity index (χ2n) is 4.18. The Morgan fingerprint density at radius 3 is 2.60 bits per heavy atom. The zero-order chi connectivity index (χ0) is 11.0. The summed E-state index contributed by atoms with van der Waals surface area (Å²) >= 11 is 0. The van der Waals surface area contributed by atoms with E-state index < -0.39 is 0 Å². The van der Waals surface area contributed by atoms with Crippen molar-refractivity contribution < 1.29 is 14.2 Å². The highest BCUT2D eigenvalue weighted by molar-refractivity contribution is 4.85. The van der Waals surface area contributed by atoms with E-state index in [0.717, 1.165) is 45.5 Å². The molecular weight excluding hydrogens is 194 g/mol.